The summed E-state index contributed by atoms with van der Waals surface area (Å²) in [6.07, 6.45) is 8.11. The number of unbranched alkanes of at least 4 members (excludes halogenated alkanes) is 5. The van der Waals surface area contributed by atoms with E-state index in [1.54, 1.807) is 0 Å². The minimum Gasteiger partial charge on any atom is -0.488 e. The van der Waals surface area contributed by atoms with E-state index in [1.165, 1.54) is 37.7 Å². The van der Waals surface area contributed by atoms with Crippen LogP contribution in [0.25, 0.3) is 5.57 Å². The highest BCUT2D eigenvalue weighted by molar-refractivity contribution is 5.77. The molecule has 2 heteroatoms. The smallest absolute Gasteiger partial charge is 0.127 e. The van der Waals surface area contributed by atoms with E-state index in [1.807, 2.05) is 25.1 Å². The Morgan fingerprint density at radius 3 is 2.67 bits per heavy atom. The van der Waals surface area contributed by atoms with Gasteiger partial charge in [0.05, 0.1) is 6.10 Å². The van der Waals surface area contributed by atoms with Gasteiger partial charge in [0.2, 0.25) is 0 Å². The van der Waals surface area contributed by atoms with Crippen LogP contribution in [0.5, 0.6) is 5.75 Å². The molecule has 0 saturated heterocycles. The van der Waals surface area contributed by atoms with E-state index in [0.717, 1.165) is 29.7 Å². The highest BCUT2D eigenvalue weighted by Gasteiger charge is 2.21. The summed E-state index contributed by atoms with van der Waals surface area (Å²) in [5, 5.41) is 10.4. The van der Waals surface area contributed by atoms with Gasteiger partial charge in [0.25, 0.3) is 0 Å². The van der Waals surface area contributed by atoms with Crippen LogP contribution in [0.15, 0.2) is 29.8 Å². The normalized spacial score (nSPS) is 17.3. The predicted octanol–water partition coefficient (Wildman–Crippen LogP) is 4.96. The molecule has 1 aromatic rings. The molecular formula is C19H28O2. The van der Waals surface area contributed by atoms with E-state index < -0.39 is 0 Å². The molecule has 116 valence electrons. The van der Waals surface area contributed by atoms with E-state index in [2.05, 4.69) is 13.0 Å². The van der Waals surface area contributed by atoms with Gasteiger partial charge in [0, 0.05) is 11.1 Å². The standard InChI is InChI=1S/C19H28O2/c1-3-4-5-6-7-8-12-18(20)15(2)17-14-21-19-13-10-9-11-16(17)19/h9-11,13,18,20H,3-8,12,14H2,1-2H3/b17-15-. The second kappa shape index (κ2) is 8.23. The molecule has 0 aromatic heterocycles. The first-order valence-electron chi connectivity index (χ1n) is 8.34. The summed E-state index contributed by atoms with van der Waals surface area (Å²) in [4.78, 5) is 0. The molecule has 1 heterocycles. The molecule has 0 amide bonds. The molecule has 1 aliphatic heterocycles. The maximum atomic E-state index is 10.4. The SMILES string of the molecule is CCCCCCCCC(O)/C(C)=C1/COc2ccccc21. The number of hydrogen-bond acceptors (Lipinski definition) is 2. The highest BCUT2D eigenvalue weighted by atomic mass is 16.5. The first-order valence-corrected chi connectivity index (χ1v) is 8.34. The Kier molecular flexibility index (Phi) is 6.31. The van der Waals surface area contributed by atoms with Crippen molar-refractivity contribution in [2.24, 2.45) is 0 Å². The maximum absolute atomic E-state index is 10.4. The fourth-order valence-corrected chi connectivity index (χ4v) is 2.93. The van der Waals surface area contributed by atoms with Gasteiger partial charge in [-0.1, -0.05) is 63.6 Å². The van der Waals surface area contributed by atoms with Crippen molar-refractivity contribution in [1.82, 2.24) is 0 Å². The van der Waals surface area contributed by atoms with Crippen LogP contribution in [0.4, 0.5) is 0 Å². The summed E-state index contributed by atoms with van der Waals surface area (Å²) in [7, 11) is 0. The van der Waals surface area contributed by atoms with Crippen LogP contribution in [-0.2, 0) is 0 Å². The largest absolute Gasteiger partial charge is 0.488 e. The summed E-state index contributed by atoms with van der Waals surface area (Å²) >= 11 is 0. The van der Waals surface area contributed by atoms with Gasteiger partial charge in [-0.05, 0) is 25.0 Å². The molecule has 1 aromatic carbocycles. The van der Waals surface area contributed by atoms with E-state index in [-0.39, 0.29) is 6.10 Å². The fraction of sp³-hybridized carbons (Fsp3) is 0.579. The molecule has 1 atom stereocenters. The van der Waals surface area contributed by atoms with Crippen molar-refractivity contribution < 1.29 is 9.84 Å². The van der Waals surface area contributed by atoms with E-state index in [9.17, 15) is 5.11 Å². The van der Waals surface area contributed by atoms with Crippen LogP contribution in [0.2, 0.25) is 0 Å². The Balaban J connectivity index is 1.85. The molecule has 0 radical (unpaired) electrons. The van der Waals surface area contributed by atoms with Crippen LogP contribution in [0, 0.1) is 0 Å². The van der Waals surface area contributed by atoms with E-state index in [0.29, 0.717) is 6.61 Å². The number of hydrogen-bond donors (Lipinski definition) is 1. The summed E-state index contributed by atoms with van der Waals surface area (Å²) in [6.45, 7) is 4.88. The van der Waals surface area contributed by atoms with Gasteiger partial charge in [-0.3, -0.25) is 0 Å². The topological polar surface area (TPSA) is 29.5 Å². The Bertz CT molecular complexity index is 476. The van der Waals surface area contributed by atoms with Gasteiger partial charge < -0.3 is 9.84 Å². The highest BCUT2D eigenvalue weighted by Crippen LogP contribution is 2.35. The zero-order valence-electron chi connectivity index (χ0n) is 13.4. The van der Waals surface area contributed by atoms with Gasteiger partial charge in [-0.15, -0.1) is 0 Å². The van der Waals surface area contributed by atoms with Gasteiger partial charge in [0.15, 0.2) is 0 Å². The van der Waals surface area contributed by atoms with Gasteiger partial charge in [-0.25, -0.2) is 0 Å². The summed E-state index contributed by atoms with van der Waals surface area (Å²) in [5.74, 6) is 0.943. The lowest BCUT2D eigenvalue weighted by Crippen LogP contribution is -2.10. The minimum atomic E-state index is -0.332. The number of fused-ring (bicyclic) bond motifs is 1. The molecule has 0 bridgehead atoms. The zero-order chi connectivity index (χ0) is 15.1. The van der Waals surface area contributed by atoms with Gasteiger partial charge in [0.1, 0.15) is 12.4 Å². The van der Waals surface area contributed by atoms with Crippen molar-refractivity contribution in [2.45, 2.75) is 64.9 Å². The lowest BCUT2D eigenvalue weighted by atomic mass is 9.96. The summed E-state index contributed by atoms with van der Waals surface area (Å²) < 4.78 is 5.68. The number of benzene rings is 1. The van der Waals surface area contributed by atoms with E-state index >= 15 is 0 Å². The molecule has 0 saturated carbocycles. The second-order valence-corrected chi connectivity index (χ2v) is 6.02. The third-order valence-electron chi connectivity index (χ3n) is 4.39. The van der Waals surface area contributed by atoms with Gasteiger partial charge >= 0.3 is 0 Å². The van der Waals surface area contributed by atoms with Crippen molar-refractivity contribution >= 4 is 5.57 Å². The van der Waals surface area contributed by atoms with Crippen LogP contribution in [-0.4, -0.2) is 17.8 Å². The average Bonchev–Trinajstić information content (AvgIpc) is 2.93. The molecule has 0 fully saturated rings. The minimum absolute atomic E-state index is 0.332. The Hall–Kier alpha value is -1.28. The number of para-hydroxylation sites is 1. The Labute approximate surface area is 128 Å². The third-order valence-corrected chi connectivity index (χ3v) is 4.39. The fourth-order valence-electron chi connectivity index (χ4n) is 2.93. The number of aliphatic hydroxyl groups excluding tert-OH is 1. The molecule has 1 aliphatic rings. The number of ether oxygens (including phenoxy) is 1. The van der Waals surface area contributed by atoms with Crippen molar-refractivity contribution in [1.29, 1.82) is 0 Å². The van der Waals surface area contributed by atoms with Crippen LogP contribution in [0.3, 0.4) is 0 Å². The Morgan fingerprint density at radius 2 is 1.86 bits per heavy atom. The van der Waals surface area contributed by atoms with Crippen molar-refractivity contribution in [3.05, 3.63) is 35.4 Å². The number of rotatable bonds is 8. The molecule has 21 heavy (non-hydrogen) atoms. The molecule has 2 nitrogen and oxygen atoms in total. The zero-order valence-corrected chi connectivity index (χ0v) is 13.4. The molecule has 0 spiro atoms. The van der Waals surface area contributed by atoms with Crippen LogP contribution in [0.1, 0.15) is 64.4 Å². The molecule has 0 aliphatic carbocycles. The molecule has 1 N–H and O–H groups in total. The first kappa shape index (κ1) is 16.1. The maximum Gasteiger partial charge on any atom is 0.127 e. The molecular weight excluding hydrogens is 260 g/mol. The second-order valence-electron chi connectivity index (χ2n) is 6.02. The van der Waals surface area contributed by atoms with E-state index in [4.69, 9.17) is 4.74 Å². The first-order chi connectivity index (χ1) is 10.2. The van der Waals surface area contributed by atoms with Crippen molar-refractivity contribution in [3.63, 3.8) is 0 Å². The lowest BCUT2D eigenvalue weighted by Gasteiger charge is -2.14. The van der Waals surface area contributed by atoms with Crippen molar-refractivity contribution in [3.8, 4) is 5.75 Å². The van der Waals surface area contributed by atoms with Crippen LogP contribution >= 0.6 is 0 Å². The quantitative estimate of drug-likeness (QED) is 0.685. The molecule has 2 rings (SSSR count). The molecule has 1 unspecified atom stereocenters. The predicted molar refractivity (Wildman–Crippen MR) is 88.5 cm³/mol. The monoisotopic (exact) mass is 288 g/mol. The summed E-state index contributed by atoms with van der Waals surface area (Å²) in [6, 6.07) is 8.10. The Morgan fingerprint density at radius 1 is 1.14 bits per heavy atom. The van der Waals surface area contributed by atoms with Crippen molar-refractivity contribution in [2.75, 3.05) is 6.61 Å². The third kappa shape index (κ3) is 4.34. The average molecular weight is 288 g/mol. The van der Waals surface area contributed by atoms with Crippen LogP contribution < -0.4 is 4.74 Å². The lowest BCUT2D eigenvalue weighted by molar-refractivity contribution is 0.196. The van der Waals surface area contributed by atoms with Gasteiger partial charge in [-0.2, -0.15) is 0 Å². The summed E-state index contributed by atoms with van der Waals surface area (Å²) in [5.41, 5.74) is 3.40. The number of aliphatic hydroxyl groups is 1.